The smallest absolute Gasteiger partial charge is 0.349 e. The number of aliphatic carboxylic acids is 1. The summed E-state index contributed by atoms with van der Waals surface area (Å²) in [6.07, 6.45) is -4.34. The molecule has 1 amide bonds. The first-order chi connectivity index (χ1) is 18.1. The molecule has 38 heavy (non-hydrogen) atoms. The molecule has 0 saturated carbocycles. The highest BCUT2D eigenvalue weighted by Gasteiger charge is 2.41. The summed E-state index contributed by atoms with van der Waals surface area (Å²) >= 11 is 9.41. The standard InChI is InChI=1S/C26H21BrClNO9/c1-35-17-7-3-5-14(11-17)25(33)37-21(23(30)29-20-10-9-16(27)13-19(20)28)22(24(31)32)38-26(34)15-6-4-8-18(12-15)36-2/h3-13,21-22H,1-2H3,(H,29,30)(H,31,32)/t21-,22-/m1/s1. The number of methoxy groups -OCH3 is 2. The normalized spacial score (nSPS) is 12.0. The Hall–Kier alpha value is -4.09. The minimum atomic E-state index is -2.22. The summed E-state index contributed by atoms with van der Waals surface area (Å²) in [7, 11) is 2.78. The monoisotopic (exact) mass is 605 g/mol. The predicted octanol–water partition coefficient (Wildman–Crippen LogP) is 4.59. The van der Waals surface area contributed by atoms with Gasteiger partial charge in [-0.1, -0.05) is 39.7 Å². The molecular weight excluding hydrogens is 586 g/mol. The summed E-state index contributed by atoms with van der Waals surface area (Å²) in [5.41, 5.74) is 0.0162. The van der Waals surface area contributed by atoms with Crippen molar-refractivity contribution in [3.05, 3.63) is 87.4 Å². The van der Waals surface area contributed by atoms with Crippen LogP contribution in [0.5, 0.6) is 11.5 Å². The van der Waals surface area contributed by atoms with Crippen LogP contribution >= 0.6 is 27.5 Å². The van der Waals surface area contributed by atoms with E-state index in [0.717, 1.165) is 0 Å². The highest BCUT2D eigenvalue weighted by atomic mass is 79.9. The predicted molar refractivity (Wildman–Crippen MR) is 140 cm³/mol. The van der Waals surface area contributed by atoms with E-state index < -0.39 is 36.0 Å². The van der Waals surface area contributed by atoms with E-state index in [1.54, 1.807) is 18.2 Å². The third-order valence-corrected chi connectivity index (χ3v) is 5.85. The maximum atomic E-state index is 13.2. The van der Waals surface area contributed by atoms with Crippen LogP contribution in [0, 0.1) is 0 Å². The van der Waals surface area contributed by atoms with E-state index in [-0.39, 0.29) is 21.8 Å². The van der Waals surface area contributed by atoms with Gasteiger partial charge in [-0.25, -0.2) is 14.4 Å². The largest absolute Gasteiger partial charge is 0.497 e. The van der Waals surface area contributed by atoms with Gasteiger partial charge in [0.2, 0.25) is 12.2 Å². The lowest BCUT2D eigenvalue weighted by Crippen LogP contribution is -2.48. The van der Waals surface area contributed by atoms with E-state index in [1.807, 2.05) is 0 Å². The molecule has 0 radical (unpaired) electrons. The van der Waals surface area contributed by atoms with E-state index in [2.05, 4.69) is 21.2 Å². The van der Waals surface area contributed by atoms with Gasteiger partial charge in [-0.15, -0.1) is 0 Å². The molecule has 0 aliphatic carbocycles. The van der Waals surface area contributed by atoms with Crippen LogP contribution in [-0.4, -0.2) is 55.3 Å². The van der Waals surface area contributed by atoms with Crippen molar-refractivity contribution in [1.82, 2.24) is 0 Å². The van der Waals surface area contributed by atoms with Crippen molar-refractivity contribution in [2.45, 2.75) is 12.2 Å². The van der Waals surface area contributed by atoms with Crippen LogP contribution in [0.2, 0.25) is 5.02 Å². The number of hydrogen-bond donors (Lipinski definition) is 2. The zero-order valence-electron chi connectivity index (χ0n) is 20.0. The number of benzene rings is 3. The third-order valence-electron chi connectivity index (χ3n) is 5.04. The number of carboxylic acid groups (broad SMARTS) is 1. The molecule has 198 valence electrons. The lowest BCUT2D eigenvalue weighted by molar-refractivity contribution is -0.157. The zero-order valence-corrected chi connectivity index (χ0v) is 22.3. The average Bonchev–Trinajstić information content (AvgIpc) is 2.91. The van der Waals surface area contributed by atoms with Gasteiger partial charge < -0.3 is 29.4 Å². The minimum absolute atomic E-state index is 0.0351. The summed E-state index contributed by atoms with van der Waals surface area (Å²) in [4.78, 5) is 51.1. The number of nitrogens with one attached hydrogen (secondary N) is 1. The van der Waals surface area contributed by atoms with E-state index in [0.29, 0.717) is 16.0 Å². The lowest BCUT2D eigenvalue weighted by atomic mass is 10.1. The molecule has 0 aromatic heterocycles. The first-order valence-corrected chi connectivity index (χ1v) is 12.0. The van der Waals surface area contributed by atoms with Crippen LogP contribution in [0.15, 0.2) is 71.2 Å². The molecule has 0 spiro atoms. The number of carboxylic acids is 1. The van der Waals surface area contributed by atoms with Crippen molar-refractivity contribution in [3.63, 3.8) is 0 Å². The van der Waals surface area contributed by atoms with E-state index in [1.165, 1.54) is 62.8 Å². The summed E-state index contributed by atoms with van der Waals surface area (Å²) in [6.45, 7) is 0. The van der Waals surface area contributed by atoms with Gasteiger partial charge in [-0.3, -0.25) is 4.79 Å². The summed E-state index contributed by atoms with van der Waals surface area (Å²) < 4.78 is 21.2. The fraction of sp³-hybridized carbons (Fsp3) is 0.154. The molecule has 0 aliphatic heterocycles. The molecular formula is C26H21BrClNO9. The number of hydrogen-bond acceptors (Lipinski definition) is 8. The Morgan fingerprint density at radius 1 is 0.816 bits per heavy atom. The van der Waals surface area contributed by atoms with Crippen molar-refractivity contribution in [3.8, 4) is 11.5 Å². The molecule has 10 nitrogen and oxygen atoms in total. The maximum Gasteiger partial charge on any atom is 0.349 e. The van der Waals surface area contributed by atoms with Crippen LogP contribution in [0.1, 0.15) is 20.7 Å². The molecule has 0 aliphatic rings. The third kappa shape index (κ3) is 7.24. The number of rotatable bonds is 10. The van der Waals surface area contributed by atoms with Crippen LogP contribution < -0.4 is 14.8 Å². The number of carbonyl (C=O) groups excluding carboxylic acids is 3. The van der Waals surface area contributed by atoms with E-state index in [4.69, 9.17) is 30.5 Å². The van der Waals surface area contributed by atoms with Gasteiger partial charge in [-0.05, 0) is 54.6 Å². The Morgan fingerprint density at radius 3 is 1.82 bits per heavy atom. The number of esters is 2. The highest BCUT2D eigenvalue weighted by Crippen LogP contribution is 2.27. The molecule has 0 unspecified atom stereocenters. The van der Waals surface area contributed by atoms with Gasteiger partial charge in [0, 0.05) is 4.47 Å². The Kier molecular flexibility index (Phi) is 9.69. The van der Waals surface area contributed by atoms with Crippen molar-refractivity contribution in [2.75, 3.05) is 19.5 Å². The van der Waals surface area contributed by atoms with Gasteiger partial charge in [-0.2, -0.15) is 0 Å². The van der Waals surface area contributed by atoms with Gasteiger partial charge >= 0.3 is 17.9 Å². The summed E-state index contributed by atoms with van der Waals surface area (Å²) in [5, 5.41) is 12.4. The second-order valence-electron chi connectivity index (χ2n) is 7.57. The fourth-order valence-electron chi connectivity index (χ4n) is 3.16. The zero-order chi connectivity index (χ0) is 27.8. The van der Waals surface area contributed by atoms with Crippen molar-refractivity contribution >= 4 is 57.0 Å². The van der Waals surface area contributed by atoms with Gasteiger partial charge in [0.15, 0.2) is 0 Å². The second-order valence-corrected chi connectivity index (χ2v) is 8.89. The fourth-order valence-corrected chi connectivity index (χ4v) is 3.88. The quantitative estimate of drug-likeness (QED) is 0.317. The molecule has 0 saturated heterocycles. The van der Waals surface area contributed by atoms with Gasteiger partial charge in [0.1, 0.15) is 11.5 Å². The first-order valence-electron chi connectivity index (χ1n) is 10.8. The molecule has 0 fully saturated rings. The second kappa shape index (κ2) is 12.9. The number of halogens is 2. The Labute approximate surface area is 230 Å². The minimum Gasteiger partial charge on any atom is -0.497 e. The number of amides is 1. The molecule has 3 aromatic carbocycles. The summed E-state index contributed by atoms with van der Waals surface area (Å²) in [6, 6.07) is 16.1. The maximum absolute atomic E-state index is 13.2. The van der Waals surface area contributed by atoms with Crippen LogP contribution in [-0.2, 0) is 19.1 Å². The molecule has 2 N–H and O–H groups in total. The van der Waals surface area contributed by atoms with Gasteiger partial charge in [0.25, 0.3) is 5.91 Å². The van der Waals surface area contributed by atoms with Crippen molar-refractivity contribution in [2.24, 2.45) is 0 Å². The average molecular weight is 607 g/mol. The van der Waals surface area contributed by atoms with Crippen LogP contribution in [0.4, 0.5) is 5.69 Å². The van der Waals surface area contributed by atoms with Crippen LogP contribution in [0.25, 0.3) is 0 Å². The number of anilines is 1. The summed E-state index contributed by atoms with van der Waals surface area (Å²) in [5.74, 6) is -4.35. The van der Waals surface area contributed by atoms with Crippen molar-refractivity contribution < 1.29 is 43.2 Å². The SMILES string of the molecule is COc1cccc(C(=O)O[C@@H](C(=O)O)[C@@H](OC(=O)c2cccc(OC)c2)C(=O)Nc2ccc(Br)cc2Cl)c1. The van der Waals surface area contributed by atoms with Crippen molar-refractivity contribution in [1.29, 1.82) is 0 Å². The highest BCUT2D eigenvalue weighted by molar-refractivity contribution is 9.10. The van der Waals surface area contributed by atoms with E-state index >= 15 is 0 Å². The van der Waals surface area contributed by atoms with E-state index in [9.17, 15) is 24.3 Å². The lowest BCUT2D eigenvalue weighted by Gasteiger charge is -2.24. The molecule has 0 heterocycles. The Bertz CT molecular complexity index is 1360. The number of ether oxygens (including phenoxy) is 4. The van der Waals surface area contributed by atoms with Gasteiger partial charge in [0.05, 0.1) is 36.1 Å². The molecule has 2 atom stereocenters. The molecule has 12 heteroatoms. The molecule has 0 bridgehead atoms. The van der Waals surface area contributed by atoms with Crippen LogP contribution in [0.3, 0.4) is 0 Å². The number of carbonyl (C=O) groups is 4. The topological polar surface area (TPSA) is 137 Å². The Morgan fingerprint density at radius 2 is 1.34 bits per heavy atom. The molecule has 3 rings (SSSR count). The molecule has 3 aromatic rings. The Balaban J connectivity index is 1.95. The first kappa shape index (κ1) is 28.5.